The fourth-order valence-corrected chi connectivity index (χ4v) is 3.85. The van der Waals surface area contributed by atoms with Gasteiger partial charge in [0.2, 0.25) is 17.7 Å². The molecule has 2 amide bonds. The zero-order chi connectivity index (χ0) is 23.1. The second-order valence-electron chi connectivity index (χ2n) is 6.79. The van der Waals surface area contributed by atoms with E-state index in [0.29, 0.717) is 47.9 Å². The van der Waals surface area contributed by atoms with Gasteiger partial charge in [0, 0.05) is 37.6 Å². The summed E-state index contributed by atoms with van der Waals surface area (Å²) in [4.78, 5) is 23.7. The summed E-state index contributed by atoms with van der Waals surface area (Å²) in [6.07, 6.45) is 1.89. The van der Waals surface area contributed by atoms with Crippen LogP contribution in [0.25, 0.3) is 11.4 Å². The lowest BCUT2D eigenvalue weighted by Crippen LogP contribution is -2.15. The molecule has 0 unspecified atom stereocenters. The standard InChI is InChI=1S/C21H27N7O3S/c1-5-27-12-17(20(26-27)31-7-3)19-24-25-21(28(19)6-2)32-13-18(30)23-16-10-8-9-15(11-16)22-14(4)29/h8-12H,5-7,13H2,1-4H3,(H,22,29)(H,23,30). The fourth-order valence-electron chi connectivity index (χ4n) is 3.05. The van der Waals surface area contributed by atoms with E-state index in [9.17, 15) is 9.59 Å². The number of nitrogens with one attached hydrogen (secondary N) is 2. The molecule has 0 saturated heterocycles. The molecular weight excluding hydrogens is 430 g/mol. The van der Waals surface area contributed by atoms with Gasteiger partial charge in [0.05, 0.1) is 12.4 Å². The summed E-state index contributed by atoms with van der Waals surface area (Å²) >= 11 is 1.30. The molecule has 1 aromatic carbocycles. The summed E-state index contributed by atoms with van der Waals surface area (Å²) in [5.74, 6) is 0.979. The molecule has 3 aromatic rings. The van der Waals surface area contributed by atoms with Crippen LogP contribution in [0, 0.1) is 0 Å². The van der Waals surface area contributed by atoms with E-state index in [2.05, 4.69) is 25.9 Å². The maximum atomic E-state index is 12.5. The Bertz CT molecular complexity index is 1090. The highest BCUT2D eigenvalue weighted by molar-refractivity contribution is 7.99. The fraction of sp³-hybridized carbons (Fsp3) is 0.381. The number of benzene rings is 1. The Morgan fingerprint density at radius 3 is 2.50 bits per heavy atom. The van der Waals surface area contributed by atoms with Crippen LogP contribution in [-0.4, -0.2) is 48.7 Å². The van der Waals surface area contributed by atoms with E-state index in [1.165, 1.54) is 18.7 Å². The largest absolute Gasteiger partial charge is 0.476 e. The topological polar surface area (TPSA) is 116 Å². The number of amides is 2. The molecule has 0 bridgehead atoms. The van der Waals surface area contributed by atoms with E-state index in [0.717, 1.165) is 5.56 Å². The minimum Gasteiger partial charge on any atom is -0.476 e. The van der Waals surface area contributed by atoms with Gasteiger partial charge in [-0.15, -0.1) is 15.3 Å². The number of aryl methyl sites for hydroxylation is 1. The molecule has 0 atom stereocenters. The Morgan fingerprint density at radius 1 is 1.09 bits per heavy atom. The first kappa shape index (κ1) is 23.3. The number of thioether (sulfide) groups is 1. The molecule has 0 aliphatic carbocycles. The number of carbonyl (C=O) groups excluding carboxylic acids is 2. The zero-order valence-corrected chi connectivity index (χ0v) is 19.4. The van der Waals surface area contributed by atoms with Crippen LogP contribution in [0.1, 0.15) is 27.7 Å². The third-order valence-electron chi connectivity index (χ3n) is 4.41. The van der Waals surface area contributed by atoms with Crippen LogP contribution in [0.2, 0.25) is 0 Å². The van der Waals surface area contributed by atoms with Crippen molar-refractivity contribution in [3.05, 3.63) is 30.5 Å². The Kier molecular flexibility index (Phi) is 7.87. The highest BCUT2D eigenvalue weighted by Gasteiger charge is 2.20. The first-order valence-corrected chi connectivity index (χ1v) is 11.4. The van der Waals surface area contributed by atoms with E-state index in [4.69, 9.17) is 4.74 Å². The average Bonchev–Trinajstić information content (AvgIpc) is 3.35. The zero-order valence-electron chi connectivity index (χ0n) is 18.6. The molecule has 0 radical (unpaired) electrons. The first-order chi connectivity index (χ1) is 15.4. The molecule has 0 aliphatic heterocycles. The van der Waals surface area contributed by atoms with Crippen LogP contribution in [-0.2, 0) is 22.7 Å². The smallest absolute Gasteiger partial charge is 0.243 e. The minimum atomic E-state index is -0.184. The number of hydrogen-bond donors (Lipinski definition) is 2. The van der Waals surface area contributed by atoms with E-state index in [-0.39, 0.29) is 17.6 Å². The second kappa shape index (κ2) is 10.8. The molecule has 2 aromatic heterocycles. The second-order valence-corrected chi connectivity index (χ2v) is 7.73. The number of carbonyl (C=O) groups is 2. The predicted molar refractivity (Wildman–Crippen MR) is 124 cm³/mol. The molecule has 170 valence electrons. The van der Waals surface area contributed by atoms with Crippen molar-refractivity contribution in [2.45, 2.75) is 45.9 Å². The van der Waals surface area contributed by atoms with E-state index in [1.807, 2.05) is 31.5 Å². The summed E-state index contributed by atoms with van der Waals surface area (Å²) < 4.78 is 9.41. The van der Waals surface area contributed by atoms with Gasteiger partial charge in [-0.25, -0.2) is 0 Å². The van der Waals surface area contributed by atoms with Crippen LogP contribution < -0.4 is 15.4 Å². The van der Waals surface area contributed by atoms with Crippen LogP contribution in [0.4, 0.5) is 11.4 Å². The molecule has 0 saturated carbocycles. The van der Waals surface area contributed by atoms with Crippen molar-refractivity contribution in [2.75, 3.05) is 23.0 Å². The molecule has 0 fully saturated rings. The lowest BCUT2D eigenvalue weighted by molar-refractivity contribution is -0.114. The normalized spacial score (nSPS) is 10.8. The minimum absolute atomic E-state index is 0.162. The summed E-state index contributed by atoms with van der Waals surface area (Å²) in [5.41, 5.74) is 2.00. The van der Waals surface area contributed by atoms with Gasteiger partial charge in [-0.3, -0.25) is 14.3 Å². The number of nitrogens with zero attached hydrogens (tertiary/aromatic N) is 5. The highest BCUT2D eigenvalue weighted by Crippen LogP contribution is 2.30. The van der Waals surface area contributed by atoms with Crippen molar-refractivity contribution in [2.24, 2.45) is 0 Å². The molecular formula is C21H27N7O3S. The van der Waals surface area contributed by atoms with Crippen LogP contribution >= 0.6 is 11.8 Å². The molecule has 32 heavy (non-hydrogen) atoms. The summed E-state index contributed by atoms with van der Waals surface area (Å²) in [5, 5.41) is 19.2. The Morgan fingerprint density at radius 2 is 1.84 bits per heavy atom. The van der Waals surface area contributed by atoms with Gasteiger partial charge in [0.15, 0.2) is 11.0 Å². The third-order valence-corrected chi connectivity index (χ3v) is 5.37. The Labute approximate surface area is 190 Å². The van der Waals surface area contributed by atoms with Crippen LogP contribution in [0.5, 0.6) is 5.88 Å². The van der Waals surface area contributed by atoms with Gasteiger partial charge in [0.1, 0.15) is 5.56 Å². The molecule has 2 N–H and O–H groups in total. The van der Waals surface area contributed by atoms with Crippen molar-refractivity contribution < 1.29 is 14.3 Å². The quantitative estimate of drug-likeness (QED) is 0.449. The predicted octanol–water partition coefficient (Wildman–Crippen LogP) is 3.27. The van der Waals surface area contributed by atoms with Crippen molar-refractivity contribution in [3.63, 3.8) is 0 Å². The lowest BCUT2D eigenvalue weighted by atomic mass is 10.2. The van der Waals surface area contributed by atoms with Crippen molar-refractivity contribution in [1.29, 1.82) is 0 Å². The van der Waals surface area contributed by atoms with E-state index in [1.54, 1.807) is 28.9 Å². The van der Waals surface area contributed by atoms with Crippen molar-refractivity contribution in [1.82, 2.24) is 24.5 Å². The van der Waals surface area contributed by atoms with Crippen molar-refractivity contribution >= 4 is 35.0 Å². The van der Waals surface area contributed by atoms with E-state index < -0.39 is 0 Å². The molecule has 2 heterocycles. The van der Waals surface area contributed by atoms with Gasteiger partial charge in [0.25, 0.3) is 0 Å². The summed E-state index contributed by atoms with van der Waals surface area (Å²) in [7, 11) is 0. The SMILES string of the molecule is CCOc1nn(CC)cc1-c1nnc(SCC(=O)Nc2cccc(NC(C)=O)c2)n1CC. The van der Waals surface area contributed by atoms with Crippen molar-refractivity contribution in [3.8, 4) is 17.3 Å². The van der Waals surface area contributed by atoms with Gasteiger partial charge in [-0.1, -0.05) is 17.8 Å². The van der Waals surface area contributed by atoms with Gasteiger partial charge in [-0.2, -0.15) is 0 Å². The van der Waals surface area contributed by atoms with Gasteiger partial charge < -0.3 is 19.9 Å². The van der Waals surface area contributed by atoms with Gasteiger partial charge in [-0.05, 0) is 39.0 Å². The summed E-state index contributed by atoms with van der Waals surface area (Å²) in [6, 6.07) is 6.99. The lowest BCUT2D eigenvalue weighted by Gasteiger charge is -2.09. The van der Waals surface area contributed by atoms with Crippen LogP contribution in [0.3, 0.4) is 0 Å². The van der Waals surface area contributed by atoms with E-state index >= 15 is 0 Å². The highest BCUT2D eigenvalue weighted by atomic mass is 32.2. The molecule has 10 nitrogen and oxygen atoms in total. The number of aromatic nitrogens is 5. The van der Waals surface area contributed by atoms with Crippen LogP contribution in [0.15, 0.2) is 35.6 Å². The first-order valence-electron chi connectivity index (χ1n) is 10.4. The average molecular weight is 458 g/mol. The van der Waals surface area contributed by atoms with Gasteiger partial charge >= 0.3 is 0 Å². The molecule has 0 spiro atoms. The molecule has 3 rings (SSSR count). The number of ether oxygens (including phenoxy) is 1. The monoisotopic (exact) mass is 457 g/mol. The number of rotatable bonds is 10. The number of anilines is 2. The summed E-state index contributed by atoms with van der Waals surface area (Å²) in [6.45, 7) is 9.19. The Hall–Kier alpha value is -3.34. The third kappa shape index (κ3) is 5.67. The molecule has 0 aliphatic rings. The number of hydrogen-bond acceptors (Lipinski definition) is 7. The maximum absolute atomic E-state index is 12.5. The Balaban J connectivity index is 1.70. The maximum Gasteiger partial charge on any atom is 0.243 e. The molecule has 11 heteroatoms.